The van der Waals surface area contributed by atoms with E-state index < -0.39 is 5.41 Å². The highest BCUT2D eigenvalue weighted by molar-refractivity contribution is 6.36. The van der Waals surface area contributed by atoms with Gasteiger partial charge in [-0.1, -0.05) is 11.6 Å². The van der Waals surface area contributed by atoms with E-state index in [1.807, 2.05) is 31.6 Å². The van der Waals surface area contributed by atoms with E-state index in [0.29, 0.717) is 45.3 Å². The lowest BCUT2D eigenvalue weighted by atomic mass is 9.64. The number of amides is 1. The monoisotopic (exact) mass is 561 g/mol. The second kappa shape index (κ2) is 9.46. The van der Waals surface area contributed by atoms with Crippen LogP contribution in [-0.2, 0) is 22.0 Å². The summed E-state index contributed by atoms with van der Waals surface area (Å²) < 4.78 is 15.2. The fourth-order valence-electron chi connectivity index (χ4n) is 5.26. The van der Waals surface area contributed by atoms with Gasteiger partial charge in [0.2, 0.25) is 11.9 Å². The van der Waals surface area contributed by atoms with Gasteiger partial charge >= 0.3 is 0 Å². The van der Waals surface area contributed by atoms with Gasteiger partial charge in [0, 0.05) is 37.7 Å². The molecule has 206 valence electrons. The lowest BCUT2D eigenvalue weighted by Gasteiger charge is -2.53. The topological polar surface area (TPSA) is 145 Å². The molecule has 0 unspecified atom stereocenters. The van der Waals surface area contributed by atoms with E-state index in [4.69, 9.17) is 26.2 Å². The third-order valence-corrected chi connectivity index (χ3v) is 7.83. The summed E-state index contributed by atoms with van der Waals surface area (Å²) in [5, 5.41) is 20.9. The van der Waals surface area contributed by atoms with Gasteiger partial charge in [-0.25, -0.2) is 9.97 Å². The van der Waals surface area contributed by atoms with Crippen LogP contribution in [-0.4, -0.2) is 48.4 Å². The number of anilines is 3. The number of rotatable bonds is 7. The number of carbonyl (C=O) groups is 1. The fraction of sp³-hybridized carbons (Fsp3) is 0.407. The molecule has 1 saturated heterocycles. The van der Waals surface area contributed by atoms with Crippen molar-refractivity contribution in [1.82, 2.24) is 29.3 Å². The minimum Gasteiger partial charge on any atom is -0.454 e. The quantitative estimate of drug-likeness (QED) is 0.323. The van der Waals surface area contributed by atoms with Gasteiger partial charge in [-0.3, -0.25) is 9.48 Å². The first-order valence-electron chi connectivity index (χ1n) is 12.9. The first-order chi connectivity index (χ1) is 19.1. The number of fused-ring (bicyclic) bond motifs is 1. The molecule has 13 heteroatoms. The molecule has 1 aliphatic carbocycles. The van der Waals surface area contributed by atoms with Crippen molar-refractivity contribution >= 4 is 46.3 Å². The van der Waals surface area contributed by atoms with Crippen LogP contribution in [0.15, 0.2) is 30.6 Å². The van der Waals surface area contributed by atoms with Crippen LogP contribution in [0.2, 0.25) is 5.02 Å². The molecule has 0 aromatic carbocycles. The summed E-state index contributed by atoms with van der Waals surface area (Å²) in [5.41, 5.74) is 1.39. The van der Waals surface area contributed by atoms with E-state index in [9.17, 15) is 10.1 Å². The molecule has 12 nitrogen and oxygen atoms in total. The molecule has 2 aliphatic rings. The summed E-state index contributed by atoms with van der Waals surface area (Å²) in [4.78, 5) is 24.5. The maximum absolute atomic E-state index is 11.4. The van der Waals surface area contributed by atoms with Gasteiger partial charge in [-0.2, -0.15) is 15.3 Å². The average molecular weight is 562 g/mol. The van der Waals surface area contributed by atoms with Crippen molar-refractivity contribution in [2.75, 3.05) is 23.8 Å². The van der Waals surface area contributed by atoms with Gasteiger partial charge in [-0.15, -0.1) is 0 Å². The Morgan fingerprint density at radius 3 is 2.73 bits per heavy atom. The Kier molecular flexibility index (Phi) is 6.16. The number of imidazole rings is 1. The molecule has 1 spiro atoms. The number of aromatic nitrogens is 6. The molecule has 1 amide bonds. The highest BCUT2D eigenvalue weighted by Gasteiger charge is 2.51. The van der Waals surface area contributed by atoms with Crippen LogP contribution >= 0.6 is 11.6 Å². The number of nitrogens with zero attached hydrogens (tertiary/aromatic N) is 7. The molecular formula is C27H28ClN9O3. The summed E-state index contributed by atoms with van der Waals surface area (Å²) in [6.45, 7) is 6.79. The standard InChI is InChI=1S/C27H28ClN9O3/c1-15(38)32-20-7-17(5-6-30-20)40-18-11-31-24-23(22(18)28)36(4)25(34-24)33-21-8-19(26(2,3)12-29)37(35-21)16-9-27(10-16)13-39-14-27/h5-8,11,16H,9-10,13-14H2,1-4H3,(H,30,32,38)(H,31,33,34,35). The van der Waals surface area contributed by atoms with Crippen LogP contribution in [0.4, 0.5) is 17.6 Å². The lowest BCUT2D eigenvalue weighted by Crippen LogP contribution is -2.53. The highest BCUT2D eigenvalue weighted by Crippen LogP contribution is 2.53. The summed E-state index contributed by atoms with van der Waals surface area (Å²) in [7, 11) is 1.82. The Morgan fingerprint density at radius 2 is 2.05 bits per heavy atom. The number of nitriles is 1. The fourth-order valence-corrected chi connectivity index (χ4v) is 5.56. The normalized spacial score (nSPS) is 16.3. The molecule has 0 atom stereocenters. The number of halogens is 1. The van der Waals surface area contributed by atoms with E-state index in [1.165, 1.54) is 19.3 Å². The Hall–Kier alpha value is -4.21. The minimum atomic E-state index is -0.720. The first-order valence-corrected chi connectivity index (χ1v) is 13.2. The second-order valence-electron chi connectivity index (χ2n) is 11.0. The predicted molar refractivity (Wildman–Crippen MR) is 148 cm³/mol. The number of pyridine rings is 2. The number of hydrogen-bond acceptors (Lipinski definition) is 9. The molecule has 1 aliphatic heterocycles. The smallest absolute Gasteiger partial charge is 0.222 e. The number of aryl methyl sites for hydroxylation is 1. The second-order valence-corrected chi connectivity index (χ2v) is 11.4. The van der Waals surface area contributed by atoms with Crippen LogP contribution in [0.3, 0.4) is 0 Å². The van der Waals surface area contributed by atoms with E-state index in [1.54, 1.807) is 16.7 Å². The Labute approximate surface area is 235 Å². The van der Waals surface area contributed by atoms with Crippen molar-refractivity contribution in [1.29, 1.82) is 5.26 Å². The maximum atomic E-state index is 11.4. The van der Waals surface area contributed by atoms with Crippen molar-refractivity contribution in [3.05, 3.63) is 41.3 Å². The molecule has 4 aromatic rings. The molecule has 2 fully saturated rings. The summed E-state index contributed by atoms with van der Waals surface area (Å²) in [6, 6.07) is 7.78. The Morgan fingerprint density at radius 1 is 1.27 bits per heavy atom. The molecule has 1 saturated carbocycles. The zero-order valence-electron chi connectivity index (χ0n) is 22.5. The zero-order valence-corrected chi connectivity index (χ0v) is 23.3. The van der Waals surface area contributed by atoms with Gasteiger partial charge in [0.15, 0.2) is 17.2 Å². The van der Waals surface area contributed by atoms with Gasteiger partial charge < -0.3 is 24.7 Å². The van der Waals surface area contributed by atoms with Crippen molar-refractivity contribution in [3.63, 3.8) is 0 Å². The van der Waals surface area contributed by atoms with E-state index in [-0.39, 0.29) is 17.4 Å². The van der Waals surface area contributed by atoms with E-state index in [2.05, 4.69) is 31.7 Å². The molecule has 0 radical (unpaired) electrons. The van der Waals surface area contributed by atoms with Crippen molar-refractivity contribution in [2.45, 2.75) is 45.1 Å². The summed E-state index contributed by atoms with van der Waals surface area (Å²) in [5.74, 6) is 1.95. The van der Waals surface area contributed by atoms with Crippen molar-refractivity contribution in [2.24, 2.45) is 12.5 Å². The van der Waals surface area contributed by atoms with Crippen molar-refractivity contribution in [3.8, 4) is 17.6 Å². The maximum Gasteiger partial charge on any atom is 0.222 e. The largest absolute Gasteiger partial charge is 0.454 e. The minimum absolute atomic E-state index is 0.220. The van der Waals surface area contributed by atoms with Crippen LogP contribution in [0.25, 0.3) is 11.2 Å². The molecule has 2 N–H and O–H groups in total. The SMILES string of the molecule is CC(=O)Nc1cc(Oc2cnc3nc(Nc4cc(C(C)(C)C#N)n(C5CC6(COC6)C5)n4)n(C)c3c2Cl)ccn1. The summed E-state index contributed by atoms with van der Waals surface area (Å²) >= 11 is 6.75. The number of hydrogen-bond donors (Lipinski definition) is 2. The predicted octanol–water partition coefficient (Wildman–Crippen LogP) is 4.86. The number of nitrogens with one attached hydrogen (secondary N) is 2. The average Bonchev–Trinajstić information content (AvgIpc) is 3.41. The molecular weight excluding hydrogens is 534 g/mol. The lowest BCUT2D eigenvalue weighted by molar-refractivity contribution is -0.176. The first kappa shape index (κ1) is 26.0. The van der Waals surface area contributed by atoms with Gasteiger partial charge in [0.05, 0.1) is 42.6 Å². The number of ether oxygens (including phenoxy) is 2. The Bertz CT molecular complexity index is 1670. The number of carbonyl (C=O) groups excluding carboxylic acids is 1. The third kappa shape index (κ3) is 4.51. The van der Waals surface area contributed by atoms with Crippen molar-refractivity contribution < 1.29 is 14.3 Å². The molecule has 4 aromatic heterocycles. The molecule has 6 rings (SSSR count). The zero-order chi connectivity index (χ0) is 28.2. The van der Waals surface area contributed by atoms with Crippen LogP contribution in [0.1, 0.15) is 45.3 Å². The Balaban J connectivity index is 1.28. The van der Waals surface area contributed by atoms with Crippen LogP contribution in [0.5, 0.6) is 11.5 Å². The third-order valence-electron chi connectivity index (χ3n) is 7.46. The highest BCUT2D eigenvalue weighted by atomic mass is 35.5. The molecule has 0 bridgehead atoms. The van der Waals surface area contributed by atoms with Gasteiger partial charge in [0.25, 0.3) is 0 Å². The summed E-state index contributed by atoms with van der Waals surface area (Å²) in [6.07, 6.45) is 5.00. The molecule has 5 heterocycles. The van der Waals surface area contributed by atoms with E-state index in [0.717, 1.165) is 31.7 Å². The van der Waals surface area contributed by atoms with Crippen LogP contribution < -0.4 is 15.4 Å². The van der Waals surface area contributed by atoms with Crippen LogP contribution in [0, 0.1) is 16.7 Å². The van der Waals surface area contributed by atoms with Gasteiger partial charge in [-0.05, 0) is 32.8 Å². The van der Waals surface area contributed by atoms with E-state index >= 15 is 0 Å². The molecule has 40 heavy (non-hydrogen) atoms. The van der Waals surface area contributed by atoms with Gasteiger partial charge in [0.1, 0.15) is 22.1 Å².